The Labute approximate surface area is 119 Å². The summed E-state index contributed by atoms with van der Waals surface area (Å²) in [5.74, 6) is 0. The van der Waals surface area contributed by atoms with Gasteiger partial charge in [0.15, 0.2) is 0 Å². The Morgan fingerprint density at radius 1 is 1.15 bits per heavy atom. The van der Waals surface area contributed by atoms with Crippen molar-refractivity contribution in [2.45, 2.75) is 19.9 Å². The molecule has 2 aromatic rings. The summed E-state index contributed by atoms with van der Waals surface area (Å²) in [6.45, 7) is 3.94. The SMILES string of the molecule is CCCNC(=O)NCCn1cc(-c2ccccc2)cn1. The Morgan fingerprint density at radius 2 is 1.90 bits per heavy atom. The van der Waals surface area contributed by atoms with E-state index in [-0.39, 0.29) is 6.03 Å². The van der Waals surface area contributed by atoms with Crippen molar-refractivity contribution >= 4 is 6.03 Å². The lowest BCUT2D eigenvalue weighted by Gasteiger charge is -2.06. The zero-order valence-corrected chi connectivity index (χ0v) is 11.7. The summed E-state index contributed by atoms with van der Waals surface area (Å²) in [5, 5.41) is 9.87. The van der Waals surface area contributed by atoms with Crippen molar-refractivity contribution in [1.82, 2.24) is 20.4 Å². The van der Waals surface area contributed by atoms with Gasteiger partial charge in [-0.05, 0) is 12.0 Å². The van der Waals surface area contributed by atoms with Gasteiger partial charge in [0.05, 0.1) is 12.7 Å². The third-order valence-electron chi connectivity index (χ3n) is 2.90. The van der Waals surface area contributed by atoms with Crippen LogP contribution in [-0.4, -0.2) is 28.9 Å². The molecule has 0 aliphatic rings. The first-order chi connectivity index (χ1) is 9.79. The van der Waals surface area contributed by atoms with Gasteiger partial charge in [-0.25, -0.2) is 4.79 Å². The summed E-state index contributed by atoms with van der Waals surface area (Å²) >= 11 is 0. The van der Waals surface area contributed by atoms with Crippen molar-refractivity contribution < 1.29 is 4.79 Å². The van der Waals surface area contributed by atoms with Crippen molar-refractivity contribution in [2.24, 2.45) is 0 Å². The molecule has 0 atom stereocenters. The molecule has 1 heterocycles. The van der Waals surface area contributed by atoms with Crippen molar-refractivity contribution in [1.29, 1.82) is 0 Å². The topological polar surface area (TPSA) is 59.0 Å². The lowest BCUT2D eigenvalue weighted by Crippen LogP contribution is -2.37. The van der Waals surface area contributed by atoms with Crippen LogP contribution in [0.3, 0.4) is 0 Å². The van der Waals surface area contributed by atoms with Gasteiger partial charge in [0.1, 0.15) is 0 Å². The third-order valence-corrected chi connectivity index (χ3v) is 2.90. The van der Waals surface area contributed by atoms with E-state index in [4.69, 9.17) is 0 Å². The molecule has 1 aromatic heterocycles. The fraction of sp³-hybridized carbons (Fsp3) is 0.333. The molecule has 5 heteroatoms. The van der Waals surface area contributed by atoms with E-state index in [2.05, 4.69) is 27.9 Å². The standard InChI is InChI=1S/C15H20N4O/c1-2-8-16-15(20)17-9-10-19-12-14(11-18-19)13-6-4-3-5-7-13/h3-7,11-12H,2,8-10H2,1H3,(H2,16,17,20). The van der Waals surface area contributed by atoms with E-state index in [0.717, 1.165) is 17.5 Å². The lowest BCUT2D eigenvalue weighted by molar-refractivity contribution is 0.240. The summed E-state index contributed by atoms with van der Waals surface area (Å²) in [7, 11) is 0. The van der Waals surface area contributed by atoms with Crippen LogP contribution < -0.4 is 10.6 Å². The minimum Gasteiger partial charge on any atom is -0.338 e. The quantitative estimate of drug-likeness (QED) is 0.847. The summed E-state index contributed by atoms with van der Waals surface area (Å²) < 4.78 is 1.84. The molecule has 1 aromatic carbocycles. The Hall–Kier alpha value is -2.30. The van der Waals surface area contributed by atoms with E-state index < -0.39 is 0 Å². The first-order valence-electron chi connectivity index (χ1n) is 6.89. The second-order valence-corrected chi connectivity index (χ2v) is 4.54. The highest BCUT2D eigenvalue weighted by molar-refractivity contribution is 5.73. The van der Waals surface area contributed by atoms with Crippen LogP contribution in [0.2, 0.25) is 0 Å². The largest absolute Gasteiger partial charge is 0.338 e. The molecule has 0 radical (unpaired) electrons. The summed E-state index contributed by atoms with van der Waals surface area (Å²) in [4.78, 5) is 11.4. The number of nitrogens with one attached hydrogen (secondary N) is 2. The van der Waals surface area contributed by atoms with Gasteiger partial charge in [-0.2, -0.15) is 5.10 Å². The lowest BCUT2D eigenvalue weighted by atomic mass is 10.1. The van der Waals surface area contributed by atoms with Gasteiger partial charge >= 0.3 is 6.03 Å². The highest BCUT2D eigenvalue weighted by atomic mass is 16.2. The van der Waals surface area contributed by atoms with Crippen molar-refractivity contribution in [3.8, 4) is 11.1 Å². The monoisotopic (exact) mass is 272 g/mol. The summed E-state index contributed by atoms with van der Waals surface area (Å²) in [5.41, 5.74) is 2.23. The first-order valence-corrected chi connectivity index (χ1v) is 6.89. The zero-order valence-electron chi connectivity index (χ0n) is 11.7. The molecular formula is C15H20N4O. The van der Waals surface area contributed by atoms with Gasteiger partial charge < -0.3 is 10.6 Å². The first kappa shape index (κ1) is 14.1. The number of nitrogens with zero attached hydrogens (tertiary/aromatic N) is 2. The molecule has 20 heavy (non-hydrogen) atoms. The molecule has 2 rings (SSSR count). The maximum atomic E-state index is 11.4. The van der Waals surface area contributed by atoms with Gasteiger partial charge in [0.25, 0.3) is 0 Å². The van der Waals surface area contributed by atoms with E-state index in [1.807, 2.05) is 42.2 Å². The molecule has 5 nitrogen and oxygen atoms in total. The number of aromatic nitrogens is 2. The van der Waals surface area contributed by atoms with Gasteiger partial charge in [0, 0.05) is 24.8 Å². The number of amides is 2. The molecule has 0 aliphatic carbocycles. The number of carbonyl (C=O) groups excluding carboxylic acids is 1. The maximum Gasteiger partial charge on any atom is 0.314 e. The Morgan fingerprint density at radius 3 is 2.65 bits per heavy atom. The van der Waals surface area contributed by atoms with E-state index in [1.54, 1.807) is 0 Å². The molecule has 0 saturated carbocycles. The van der Waals surface area contributed by atoms with Crippen LogP contribution in [0.25, 0.3) is 11.1 Å². The smallest absolute Gasteiger partial charge is 0.314 e. The van der Waals surface area contributed by atoms with Crippen LogP contribution in [0.15, 0.2) is 42.7 Å². The Bertz CT molecular complexity index is 536. The fourth-order valence-electron chi connectivity index (χ4n) is 1.85. The van der Waals surface area contributed by atoms with Gasteiger partial charge in [-0.3, -0.25) is 4.68 Å². The van der Waals surface area contributed by atoms with Crippen LogP contribution in [-0.2, 0) is 6.54 Å². The summed E-state index contributed by atoms with van der Waals surface area (Å²) in [6, 6.07) is 9.99. The number of urea groups is 1. The molecule has 0 spiro atoms. The third kappa shape index (κ3) is 4.12. The number of carbonyl (C=O) groups is 1. The van der Waals surface area contributed by atoms with Crippen LogP contribution in [0.5, 0.6) is 0 Å². The molecule has 0 aliphatic heterocycles. The number of rotatable bonds is 6. The van der Waals surface area contributed by atoms with E-state index in [1.165, 1.54) is 0 Å². The Balaban J connectivity index is 1.80. The predicted molar refractivity (Wildman–Crippen MR) is 79.4 cm³/mol. The van der Waals surface area contributed by atoms with Crippen LogP contribution in [0.1, 0.15) is 13.3 Å². The van der Waals surface area contributed by atoms with Crippen molar-refractivity contribution in [2.75, 3.05) is 13.1 Å². The number of benzene rings is 1. The second kappa shape index (κ2) is 7.33. The average Bonchev–Trinajstić information content (AvgIpc) is 2.95. The average molecular weight is 272 g/mol. The van der Waals surface area contributed by atoms with Gasteiger partial charge in [0.2, 0.25) is 0 Å². The molecule has 0 saturated heterocycles. The number of hydrogen-bond acceptors (Lipinski definition) is 2. The maximum absolute atomic E-state index is 11.4. The summed E-state index contributed by atoms with van der Waals surface area (Å²) in [6.07, 6.45) is 4.76. The minimum absolute atomic E-state index is 0.123. The van der Waals surface area contributed by atoms with Crippen LogP contribution in [0.4, 0.5) is 4.79 Å². The molecule has 2 N–H and O–H groups in total. The highest BCUT2D eigenvalue weighted by Gasteiger charge is 2.02. The number of hydrogen-bond donors (Lipinski definition) is 2. The minimum atomic E-state index is -0.123. The zero-order chi connectivity index (χ0) is 14.2. The predicted octanol–water partition coefficient (Wildman–Crippen LogP) is 2.26. The molecule has 106 valence electrons. The van der Waals surface area contributed by atoms with E-state index >= 15 is 0 Å². The molecular weight excluding hydrogens is 252 g/mol. The van der Waals surface area contributed by atoms with Gasteiger partial charge in [-0.15, -0.1) is 0 Å². The van der Waals surface area contributed by atoms with Gasteiger partial charge in [-0.1, -0.05) is 37.3 Å². The molecule has 0 fully saturated rings. The van der Waals surface area contributed by atoms with Crippen LogP contribution >= 0.6 is 0 Å². The van der Waals surface area contributed by atoms with Crippen LogP contribution in [0, 0.1) is 0 Å². The van der Waals surface area contributed by atoms with E-state index in [0.29, 0.717) is 19.6 Å². The van der Waals surface area contributed by atoms with Crippen molar-refractivity contribution in [3.63, 3.8) is 0 Å². The second-order valence-electron chi connectivity index (χ2n) is 4.54. The van der Waals surface area contributed by atoms with E-state index in [9.17, 15) is 4.79 Å². The Kier molecular flexibility index (Phi) is 5.17. The highest BCUT2D eigenvalue weighted by Crippen LogP contribution is 2.17. The fourth-order valence-corrected chi connectivity index (χ4v) is 1.85. The normalized spacial score (nSPS) is 10.2. The van der Waals surface area contributed by atoms with Crippen molar-refractivity contribution in [3.05, 3.63) is 42.7 Å². The molecule has 2 amide bonds. The molecule has 0 bridgehead atoms. The molecule has 0 unspecified atom stereocenters.